The number of fused-ring (bicyclic) bond motifs is 1. The van der Waals surface area contributed by atoms with E-state index in [1.54, 1.807) is 6.92 Å². The van der Waals surface area contributed by atoms with Crippen molar-refractivity contribution in [2.75, 3.05) is 7.11 Å². The summed E-state index contributed by atoms with van der Waals surface area (Å²) in [5.74, 6) is 1.12. The summed E-state index contributed by atoms with van der Waals surface area (Å²) in [6, 6.07) is 9.31. The smallest absolute Gasteiger partial charge is 0.328 e. The van der Waals surface area contributed by atoms with Gasteiger partial charge in [-0.05, 0) is 25.0 Å². The summed E-state index contributed by atoms with van der Waals surface area (Å²) < 4.78 is 12.6. The zero-order valence-corrected chi connectivity index (χ0v) is 14.3. The largest absolute Gasteiger partial charge is 0.467 e. The van der Waals surface area contributed by atoms with Gasteiger partial charge in [-0.3, -0.25) is 0 Å². The number of nitrogens with zero attached hydrogens (tertiary/aromatic N) is 3. The van der Waals surface area contributed by atoms with Gasteiger partial charge < -0.3 is 13.7 Å². The molecule has 0 aliphatic carbocycles. The predicted octanol–water partition coefficient (Wildman–Crippen LogP) is 3.62. The summed E-state index contributed by atoms with van der Waals surface area (Å²) in [5, 5.41) is 9.30. The van der Waals surface area contributed by atoms with Gasteiger partial charge in [-0.15, -0.1) is 10.2 Å². The van der Waals surface area contributed by atoms with Crippen LogP contribution in [0.3, 0.4) is 0 Å². The predicted molar refractivity (Wildman–Crippen MR) is 90.5 cm³/mol. The van der Waals surface area contributed by atoms with Gasteiger partial charge >= 0.3 is 5.97 Å². The van der Waals surface area contributed by atoms with Gasteiger partial charge in [0, 0.05) is 17.3 Å². The van der Waals surface area contributed by atoms with Gasteiger partial charge in [-0.25, -0.2) is 4.79 Å². The SMILES string of the molecule is COC(=O)C(C)n1c(-c2nnc(CC(C)C)o2)cc2ccccc21. The van der Waals surface area contributed by atoms with Gasteiger partial charge in [-0.1, -0.05) is 32.0 Å². The first-order valence-electron chi connectivity index (χ1n) is 8.01. The topological polar surface area (TPSA) is 70.2 Å². The van der Waals surface area contributed by atoms with E-state index in [-0.39, 0.29) is 5.97 Å². The lowest BCUT2D eigenvalue weighted by Gasteiger charge is -2.15. The molecule has 6 heteroatoms. The second-order valence-corrected chi connectivity index (χ2v) is 6.26. The van der Waals surface area contributed by atoms with Crippen LogP contribution in [0, 0.1) is 5.92 Å². The Morgan fingerprint density at radius 2 is 2.00 bits per heavy atom. The highest BCUT2D eigenvalue weighted by atomic mass is 16.5. The molecule has 3 aromatic rings. The first kappa shape index (κ1) is 16.2. The van der Waals surface area contributed by atoms with Crippen LogP contribution in [0.25, 0.3) is 22.5 Å². The Balaban J connectivity index is 2.13. The van der Waals surface area contributed by atoms with Crippen molar-refractivity contribution < 1.29 is 13.9 Å². The molecule has 0 amide bonds. The van der Waals surface area contributed by atoms with E-state index >= 15 is 0 Å². The van der Waals surface area contributed by atoms with E-state index in [2.05, 4.69) is 24.0 Å². The van der Waals surface area contributed by atoms with Crippen LogP contribution in [0.15, 0.2) is 34.7 Å². The zero-order valence-electron chi connectivity index (χ0n) is 14.3. The molecule has 0 radical (unpaired) electrons. The van der Waals surface area contributed by atoms with Crippen molar-refractivity contribution in [2.24, 2.45) is 5.92 Å². The Morgan fingerprint density at radius 1 is 1.25 bits per heavy atom. The maximum atomic E-state index is 12.1. The Morgan fingerprint density at radius 3 is 2.71 bits per heavy atom. The summed E-state index contributed by atoms with van der Waals surface area (Å²) in [6.07, 6.45) is 0.722. The highest BCUT2D eigenvalue weighted by Gasteiger charge is 2.24. The number of para-hydroxylation sites is 1. The Labute approximate surface area is 140 Å². The maximum absolute atomic E-state index is 12.1. The zero-order chi connectivity index (χ0) is 17.3. The summed E-state index contributed by atoms with van der Waals surface area (Å²) in [7, 11) is 1.39. The first-order chi connectivity index (χ1) is 11.5. The molecule has 0 spiro atoms. The summed E-state index contributed by atoms with van der Waals surface area (Å²) >= 11 is 0. The number of ether oxygens (including phenoxy) is 1. The number of carbonyl (C=O) groups is 1. The summed E-state index contributed by atoms with van der Waals surface area (Å²) in [4.78, 5) is 12.1. The van der Waals surface area contributed by atoms with E-state index in [4.69, 9.17) is 9.15 Å². The monoisotopic (exact) mass is 327 g/mol. The van der Waals surface area contributed by atoms with Crippen molar-refractivity contribution in [2.45, 2.75) is 33.2 Å². The van der Waals surface area contributed by atoms with Crippen LogP contribution in [-0.2, 0) is 16.0 Å². The normalized spacial score (nSPS) is 12.7. The lowest BCUT2D eigenvalue weighted by Crippen LogP contribution is -2.18. The standard InChI is InChI=1S/C18H21N3O3/c1-11(2)9-16-19-20-17(24-16)15-10-13-7-5-6-8-14(13)21(15)12(3)18(22)23-4/h5-8,10-12H,9H2,1-4H3. The van der Waals surface area contributed by atoms with Gasteiger partial charge in [-0.2, -0.15) is 0 Å². The maximum Gasteiger partial charge on any atom is 0.328 e. The third-order valence-electron chi connectivity index (χ3n) is 3.95. The molecule has 0 aliphatic heterocycles. The van der Waals surface area contributed by atoms with Crippen molar-refractivity contribution in [3.63, 3.8) is 0 Å². The van der Waals surface area contributed by atoms with Crippen LogP contribution in [0.4, 0.5) is 0 Å². The van der Waals surface area contributed by atoms with E-state index in [1.165, 1.54) is 7.11 Å². The molecule has 3 rings (SSSR count). The molecule has 0 saturated heterocycles. The molecule has 1 unspecified atom stereocenters. The van der Waals surface area contributed by atoms with E-state index in [0.29, 0.717) is 17.7 Å². The third-order valence-corrected chi connectivity index (χ3v) is 3.95. The van der Waals surface area contributed by atoms with E-state index in [0.717, 1.165) is 23.0 Å². The summed E-state index contributed by atoms with van der Waals surface area (Å²) in [6.45, 7) is 5.99. The first-order valence-corrected chi connectivity index (χ1v) is 8.01. The second kappa shape index (κ2) is 6.47. The Hall–Kier alpha value is -2.63. The number of aromatic nitrogens is 3. The highest BCUT2D eigenvalue weighted by molar-refractivity contribution is 5.88. The van der Waals surface area contributed by atoms with Gasteiger partial charge in [0.05, 0.1) is 7.11 Å². The molecule has 24 heavy (non-hydrogen) atoms. The Bertz CT molecular complexity index is 863. The van der Waals surface area contributed by atoms with Crippen LogP contribution in [-0.4, -0.2) is 27.8 Å². The van der Waals surface area contributed by atoms with Gasteiger partial charge in [0.1, 0.15) is 11.7 Å². The van der Waals surface area contributed by atoms with Crippen molar-refractivity contribution in [1.29, 1.82) is 0 Å². The number of carbonyl (C=O) groups excluding carboxylic acids is 1. The lowest BCUT2D eigenvalue weighted by atomic mass is 10.1. The lowest BCUT2D eigenvalue weighted by molar-refractivity contribution is -0.143. The van der Waals surface area contributed by atoms with E-state index in [9.17, 15) is 4.79 Å². The molecule has 1 aromatic carbocycles. The summed E-state index contributed by atoms with van der Waals surface area (Å²) in [5.41, 5.74) is 1.64. The van der Waals surface area contributed by atoms with Gasteiger partial charge in [0.2, 0.25) is 5.89 Å². The molecule has 0 aliphatic rings. The minimum Gasteiger partial charge on any atom is -0.467 e. The number of methoxy groups -OCH3 is 1. The fourth-order valence-corrected chi connectivity index (χ4v) is 2.82. The molecule has 0 saturated carbocycles. The number of hydrogen-bond acceptors (Lipinski definition) is 5. The molecular weight excluding hydrogens is 306 g/mol. The van der Waals surface area contributed by atoms with Crippen LogP contribution in [0.2, 0.25) is 0 Å². The number of esters is 1. The molecule has 0 fully saturated rings. The Kier molecular flexibility index (Phi) is 4.38. The molecule has 0 bridgehead atoms. The number of benzene rings is 1. The van der Waals surface area contributed by atoms with E-state index in [1.807, 2.05) is 34.9 Å². The van der Waals surface area contributed by atoms with Crippen molar-refractivity contribution in [1.82, 2.24) is 14.8 Å². The second-order valence-electron chi connectivity index (χ2n) is 6.26. The van der Waals surface area contributed by atoms with Crippen LogP contribution in [0.5, 0.6) is 0 Å². The average molecular weight is 327 g/mol. The van der Waals surface area contributed by atoms with Crippen LogP contribution >= 0.6 is 0 Å². The molecular formula is C18H21N3O3. The van der Waals surface area contributed by atoms with Gasteiger partial charge in [0.25, 0.3) is 5.89 Å². The molecule has 1 atom stereocenters. The van der Waals surface area contributed by atoms with Crippen LogP contribution in [0.1, 0.15) is 32.7 Å². The molecule has 126 valence electrons. The average Bonchev–Trinajstić information content (AvgIpc) is 3.16. The third kappa shape index (κ3) is 2.91. The highest BCUT2D eigenvalue weighted by Crippen LogP contribution is 2.31. The number of rotatable bonds is 5. The molecule has 2 heterocycles. The fraction of sp³-hybridized carbons (Fsp3) is 0.389. The minimum absolute atomic E-state index is 0.320. The molecule has 0 N–H and O–H groups in total. The molecule has 6 nitrogen and oxygen atoms in total. The molecule has 2 aromatic heterocycles. The quantitative estimate of drug-likeness (QED) is 0.669. The number of hydrogen-bond donors (Lipinski definition) is 0. The van der Waals surface area contributed by atoms with E-state index < -0.39 is 6.04 Å². The van der Waals surface area contributed by atoms with Crippen LogP contribution < -0.4 is 0 Å². The van der Waals surface area contributed by atoms with Crippen molar-refractivity contribution in [3.8, 4) is 11.6 Å². The van der Waals surface area contributed by atoms with Gasteiger partial charge in [0.15, 0.2) is 0 Å². The van der Waals surface area contributed by atoms with Crippen molar-refractivity contribution >= 4 is 16.9 Å². The van der Waals surface area contributed by atoms with Crippen molar-refractivity contribution in [3.05, 3.63) is 36.2 Å². The fourth-order valence-electron chi connectivity index (χ4n) is 2.82. The minimum atomic E-state index is -0.495.